The van der Waals surface area contributed by atoms with Gasteiger partial charge in [0.1, 0.15) is 11.8 Å². The fourth-order valence-electron chi connectivity index (χ4n) is 3.67. The zero-order chi connectivity index (χ0) is 19.1. The minimum Gasteiger partial charge on any atom is -0.508 e. The average molecular weight is 426 g/mol. The van der Waals surface area contributed by atoms with Gasteiger partial charge in [-0.05, 0) is 54.8 Å². The molecule has 0 fully saturated rings. The number of rotatable bonds is 2. The van der Waals surface area contributed by atoms with Crippen LogP contribution in [0.4, 0.5) is 0 Å². The van der Waals surface area contributed by atoms with E-state index in [0.29, 0.717) is 12.1 Å². The van der Waals surface area contributed by atoms with Crippen molar-refractivity contribution in [3.63, 3.8) is 0 Å². The second kappa shape index (κ2) is 6.85. The third-order valence-electron chi connectivity index (χ3n) is 5.36. The van der Waals surface area contributed by atoms with Crippen LogP contribution in [0.15, 0.2) is 47.2 Å². The number of carbonyl (C=O) groups is 1. The van der Waals surface area contributed by atoms with Crippen LogP contribution in [0.3, 0.4) is 0 Å². The van der Waals surface area contributed by atoms with Crippen LogP contribution in [-0.4, -0.2) is 32.4 Å². The highest BCUT2D eigenvalue weighted by molar-refractivity contribution is 9.10. The van der Waals surface area contributed by atoms with Gasteiger partial charge < -0.3 is 15.0 Å². The average Bonchev–Trinajstić information content (AvgIpc) is 3.14. The van der Waals surface area contributed by atoms with Crippen molar-refractivity contribution in [2.24, 2.45) is 0 Å². The summed E-state index contributed by atoms with van der Waals surface area (Å²) < 4.78 is 0.993. The molecule has 5 nitrogen and oxygen atoms in total. The molecule has 0 saturated heterocycles. The SMILES string of the molecule is Cc1c(O)ccc(C(=O)N2CCc3[nH]cnc3C2c2ccc(Br)cc2)c1C. The van der Waals surface area contributed by atoms with E-state index < -0.39 is 0 Å². The smallest absolute Gasteiger partial charge is 0.254 e. The van der Waals surface area contributed by atoms with E-state index >= 15 is 0 Å². The normalized spacial score (nSPS) is 16.3. The molecule has 2 heterocycles. The summed E-state index contributed by atoms with van der Waals surface area (Å²) in [6.07, 6.45) is 2.44. The molecular weight excluding hydrogens is 406 g/mol. The van der Waals surface area contributed by atoms with Crippen molar-refractivity contribution >= 4 is 21.8 Å². The molecular formula is C21H20BrN3O2. The summed E-state index contributed by atoms with van der Waals surface area (Å²) >= 11 is 3.47. The minimum absolute atomic E-state index is 0.0443. The van der Waals surface area contributed by atoms with E-state index in [0.717, 1.165) is 39.0 Å². The number of carbonyl (C=O) groups excluding carboxylic acids is 1. The number of H-pyrrole nitrogens is 1. The maximum absolute atomic E-state index is 13.5. The van der Waals surface area contributed by atoms with Crippen molar-refractivity contribution < 1.29 is 9.90 Å². The Hall–Kier alpha value is -2.60. The highest BCUT2D eigenvalue weighted by Gasteiger charge is 2.35. The number of aromatic hydroxyl groups is 1. The van der Waals surface area contributed by atoms with Crippen LogP contribution in [0, 0.1) is 13.8 Å². The van der Waals surface area contributed by atoms with Gasteiger partial charge in [-0.15, -0.1) is 0 Å². The molecule has 1 amide bonds. The van der Waals surface area contributed by atoms with Crippen LogP contribution >= 0.6 is 15.9 Å². The molecule has 27 heavy (non-hydrogen) atoms. The third-order valence-corrected chi connectivity index (χ3v) is 5.89. The van der Waals surface area contributed by atoms with Gasteiger partial charge in [-0.2, -0.15) is 0 Å². The number of amides is 1. The maximum atomic E-state index is 13.5. The molecule has 3 aromatic rings. The van der Waals surface area contributed by atoms with E-state index in [1.807, 2.05) is 43.0 Å². The third kappa shape index (κ3) is 3.04. The van der Waals surface area contributed by atoms with E-state index in [1.54, 1.807) is 18.5 Å². The van der Waals surface area contributed by atoms with Crippen LogP contribution in [0.5, 0.6) is 5.75 Å². The molecule has 1 aliphatic rings. The number of aromatic amines is 1. The number of hydrogen-bond acceptors (Lipinski definition) is 3. The molecule has 0 saturated carbocycles. The van der Waals surface area contributed by atoms with Crippen molar-refractivity contribution in [2.45, 2.75) is 26.3 Å². The fourth-order valence-corrected chi connectivity index (χ4v) is 3.94. The number of aromatic nitrogens is 2. The van der Waals surface area contributed by atoms with Crippen LogP contribution in [-0.2, 0) is 6.42 Å². The van der Waals surface area contributed by atoms with Crippen molar-refractivity contribution in [3.8, 4) is 5.75 Å². The van der Waals surface area contributed by atoms with Gasteiger partial charge >= 0.3 is 0 Å². The molecule has 0 aliphatic carbocycles. The molecule has 0 radical (unpaired) electrons. The monoisotopic (exact) mass is 425 g/mol. The fraction of sp³-hybridized carbons (Fsp3) is 0.238. The Balaban J connectivity index is 1.80. The zero-order valence-electron chi connectivity index (χ0n) is 15.2. The second-order valence-corrected chi connectivity index (χ2v) is 7.77. The highest BCUT2D eigenvalue weighted by Crippen LogP contribution is 2.36. The summed E-state index contributed by atoms with van der Waals surface area (Å²) in [7, 11) is 0. The van der Waals surface area contributed by atoms with Crippen molar-refractivity contribution in [1.82, 2.24) is 14.9 Å². The maximum Gasteiger partial charge on any atom is 0.254 e. The molecule has 1 atom stereocenters. The summed E-state index contributed by atoms with van der Waals surface area (Å²) in [6.45, 7) is 4.31. The number of fused-ring (bicyclic) bond motifs is 1. The molecule has 1 aromatic heterocycles. The minimum atomic E-state index is -0.242. The first-order valence-electron chi connectivity index (χ1n) is 8.85. The molecule has 4 rings (SSSR count). The van der Waals surface area contributed by atoms with E-state index in [1.165, 1.54) is 0 Å². The Morgan fingerprint density at radius 3 is 2.67 bits per heavy atom. The zero-order valence-corrected chi connectivity index (χ0v) is 16.7. The van der Waals surface area contributed by atoms with Crippen LogP contribution in [0.2, 0.25) is 0 Å². The molecule has 1 aliphatic heterocycles. The van der Waals surface area contributed by atoms with Gasteiger partial charge in [0.2, 0.25) is 0 Å². The van der Waals surface area contributed by atoms with Gasteiger partial charge in [0, 0.05) is 28.7 Å². The first kappa shape index (κ1) is 17.8. The summed E-state index contributed by atoms with van der Waals surface area (Å²) in [5, 5.41) is 9.93. The lowest BCUT2D eigenvalue weighted by molar-refractivity contribution is 0.0689. The molecule has 2 aromatic carbocycles. The van der Waals surface area contributed by atoms with Crippen LogP contribution in [0.1, 0.15) is 44.5 Å². The predicted molar refractivity (Wildman–Crippen MR) is 107 cm³/mol. The van der Waals surface area contributed by atoms with Crippen LogP contribution in [0.25, 0.3) is 0 Å². The first-order chi connectivity index (χ1) is 13.0. The van der Waals surface area contributed by atoms with Crippen LogP contribution < -0.4 is 0 Å². The Bertz CT molecular complexity index is 1010. The Morgan fingerprint density at radius 1 is 1.19 bits per heavy atom. The molecule has 2 N–H and O–H groups in total. The topological polar surface area (TPSA) is 69.2 Å². The number of phenolic OH excluding ortho intramolecular Hbond substituents is 1. The lowest BCUT2D eigenvalue weighted by atomic mass is 9.93. The number of nitrogens with zero attached hydrogens (tertiary/aromatic N) is 2. The standard InChI is InChI=1S/C21H20BrN3O2/c1-12-13(2)18(26)8-7-16(12)21(27)25-10-9-17-19(24-11-23-17)20(25)14-3-5-15(22)6-4-14/h3-8,11,20,26H,9-10H2,1-2H3,(H,23,24). The number of imidazole rings is 1. The van der Waals surface area contributed by atoms with Gasteiger partial charge in [-0.3, -0.25) is 4.79 Å². The molecule has 138 valence electrons. The van der Waals surface area contributed by atoms with Gasteiger partial charge in [-0.25, -0.2) is 4.98 Å². The van der Waals surface area contributed by atoms with E-state index in [-0.39, 0.29) is 17.7 Å². The number of nitrogens with one attached hydrogen (secondary N) is 1. The summed E-state index contributed by atoms with van der Waals surface area (Å²) in [6, 6.07) is 11.1. The number of halogens is 1. The van der Waals surface area contributed by atoms with Gasteiger partial charge in [0.25, 0.3) is 5.91 Å². The molecule has 0 bridgehead atoms. The number of benzene rings is 2. The number of hydrogen-bond donors (Lipinski definition) is 2. The van der Waals surface area contributed by atoms with Crippen molar-refractivity contribution in [1.29, 1.82) is 0 Å². The predicted octanol–water partition coefficient (Wildman–Crippen LogP) is 4.28. The van der Waals surface area contributed by atoms with Gasteiger partial charge in [-0.1, -0.05) is 28.1 Å². The lowest BCUT2D eigenvalue weighted by Gasteiger charge is -2.35. The van der Waals surface area contributed by atoms with Gasteiger partial charge in [0.05, 0.1) is 12.0 Å². The Kier molecular flexibility index (Phi) is 4.52. The first-order valence-corrected chi connectivity index (χ1v) is 9.64. The van der Waals surface area contributed by atoms with Crippen molar-refractivity contribution in [3.05, 3.63) is 80.8 Å². The lowest BCUT2D eigenvalue weighted by Crippen LogP contribution is -2.41. The Morgan fingerprint density at radius 2 is 1.93 bits per heavy atom. The molecule has 1 unspecified atom stereocenters. The second-order valence-electron chi connectivity index (χ2n) is 6.85. The van der Waals surface area contributed by atoms with E-state index in [4.69, 9.17) is 0 Å². The summed E-state index contributed by atoms with van der Waals surface area (Å²) in [5.41, 5.74) is 5.15. The number of phenols is 1. The van der Waals surface area contributed by atoms with E-state index in [2.05, 4.69) is 25.9 Å². The Labute approximate surface area is 166 Å². The van der Waals surface area contributed by atoms with E-state index in [9.17, 15) is 9.90 Å². The molecule has 0 spiro atoms. The summed E-state index contributed by atoms with van der Waals surface area (Å²) in [4.78, 5) is 23.1. The van der Waals surface area contributed by atoms with Crippen molar-refractivity contribution in [2.75, 3.05) is 6.54 Å². The summed E-state index contributed by atoms with van der Waals surface area (Å²) in [5.74, 6) is 0.166. The molecule has 6 heteroatoms. The quantitative estimate of drug-likeness (QED) is 0.643. The highest BCUT2D eigenvalue weighted by atomic mass is 79.9. The largest absolute Gasteiger partial charge is 0.508 e. The van der Waals surface area contributed by atoms with Gasteiger partial charge in [0.15, 0.2) is 0 Å².